The Hall–Kier alpha value is -1.92. The zero-order chi connectivity index (χ0) is 11.9. The van der Waals surface area contributed by atoms with Crippen molar-refractivity contribution in [1.29, 1.82) is 5.41 Å². The maximum atomic E-state index is 10.6. The summed E-state index contributed by atoms with van der Waals surface area (Å²) in [7, 11) is 0. The molecule has 6 nitrogen and oxygen atoms in total. The molecule has 2 atom stereocenters. The van der Waals surface area contributed by atoms with Gasteiger partial charge in [0.2, 0.25) is 0 Å². The van der Waals surface area contributed by atoms with Gasteiger partial charge in [-0.3, -0.25) is 5.41 Å². The number of hydrogen-bond donors (Lipinski definition) is 4. The van der Waals surface area contributed by atoms with Gasteiger partial charge in [0.25, 0.3) is 5.79 Å². The van der Waals surface area contributed by atoms with E-state index in [1.807, 2.05) is 0 Å². The predicted octanol–water partition coefficient (Wildman–Crippen LogP) is -0.185. The summed E-state index contributed by atoms with van der Waals surface area (Å²) in [5.74, 6) is -3.59. The van der Waals surface area contributed by atoms with Crippen molar-refractivity contribution in [3.05, 3.63) is 35.4 Å². The average Bonchev–Trinajstić information content (AvgIpc) is 2.93. The number of nitrogens with two attached hydrogens (primary N) is 1. The summed E-state index contributed by atoms with van der Waals surface area (Å²) in [5.41, 5.74) is 6.33. The van der Waals surface area contributed by atoms with E-state index in [0.29, 0.717) is 11.1 Å². The first kappa shape index (κ1) is 10.6. The monoisotopic (exact) mass is 222 g/mol. The highest BCUT2D eigenvalue weighted by Crippen LogP contribution is 2.47. The van der Waals surface area contributed by atoms with Crippen molar-refractivity contribution in [1.82, 2.24) is 0 Å². The Morgan fingerprint density at radius 3 is 2.38 bits per heavy atom. The first-order chi connectivity index (χ1) is 7.45. The SMILES string of the molecule is N=C(N)c1ccc([C@@H]2O[C@@]2(O)C(=O)O)cc1. The number of carbonyl (C=O) groups is 1. The van der Waals surface area contributed by atoms with Gasteiger partial charge in [-0.1, -0.05) is 24.3 Å². The number of carboxylic acids is 1. The molecule has 0 saturated carbocycles. The summed E-state index contributed by atoms with van der Waals surface area (Å²) >= 11 is 0. The van der Waals surface area contributed by atoms with Crippen LogP contribution in [0.2, 0.25) is 0 Å². The smallest absolute Gasteiger partial charge is 0.367 e. The van der Waals surface area contributed by atoms with Crippen molar-refractivity contribution < 1.29 is 19.7 Å². The Balaban J connectivity index is 2.19. The number of nitrogens with one attached hydrogen (secondary N) is 1. The van der Waals surface area contributed by atoms with Crippen molar-refractivity contribution in [2.45, 2.75) is 11.9 Å². The van der Waals surface area contributed by atoms with Gasteiger partial charge < -0.3 is 20.7 Å². The zero-order valence-corrected chi connectivity index (χ0v) is 8.18. The summed E-state index contributed by atoms with van der Waals surface area (Å²) in [6, 6.07) is 6.29. The van der Waals surface area contributed by atoms with E-state index in [1.165, 1.54) is 0 Å². The Kier molecular flexibility index (Phi) is 2.18. The number of rotatable bonds is 3. The molecule has 84 valence electrons. The summed E-state index contributed by atoms with van der Waals surface area (Å²) in [6.45, 7) is 0. The van der Waals surface area contributed by atoms with Gasteiger partial charge >= 0.3 is 5.97 Å². The van der Waals surface area contributed by atoms with Gasteiger partial charge in [0.05, 0.1) is 0 Å². The quantitative estimate of drug-likeness (QED) is 0.321. The number of aliphatic hydroxyl groups is 1. The van der Waals surface area contributed by atoms with Crippen LogP contribution in [-0.2, 0) is 9.53 Å². The van der Waals surface area contributed by atoms with E-state index in [9.17, 15) is 9.90 Å². The average molecular weight is 222 g/mol. The number of carboxylic acid groups (broad SMARTS) is 1. The minimum absolute atomic E-state index is 0.0724. The molecule has 2 rings (SSSR count). The highest BCUT2D eigenvalue weighted by atomic mass is 16.8. The number of ether oxygens (including phenoxy) is 1. The Labute approximate surface area is 90.8 Å². The number of amidine groups is 1. The molecule has 0 aliphatic carbocycles. The van der Waals surface area contributed by atoms with Gasteiger partial charge in [-0.25, -0.2) is 4.79 Å². The number of hydrogen-bond acceptors (Lipinski definition) is 4. The third kappa shape index (κ3) is 1.54. The number of aliphatic carboxylic acids is 1. The molecule has 1 aliphatic heterocycles. The lowest BCUT2D eigenvalue weighted by atomic mass is 10.1. The summed E-state index contributed by atoms with van der Waals surface area (Å²) in [6.07, 6.45) is -0.856. The first-order valence-corrected chi connectivity index (χ1v) is 4.53. The molecular weight excluding hydrogens is 212 g/mol. The first-order valence-electron chi connectivity index (χ1n) is 4.53. The zero-order valence-electron chi connectivity index (χ0n) is 8.18. The van der Waals surface area contributed by atoms with E-state index in [-0.39, 0.29) is 5.84 Å². The molecule has 5 N–H and O–H groups in total. The molecule has 0 bridgehead atoms. The van der Waals surface area contributed by atoms with Gasteiger partial charge in [0.1, 0.15) is 5.84 Å². The standard InChI is InChI=1S/C10H10N2O4/c11-8(12)6-3-1-5(2-4-6)7-10(15,16-7)9(13)14/h1-4,7,15H,(H3,11,12)(H,13,14)/t7-,10+/m0/s1. The normalized spacial score (nSPS) is 27.4. The molecule has 0 aromatic heterocycles. The minimum Gasteiger partial charge on any atom is -0.477 e. The van der Waals surface area contributed by atoms with E-state index in [2.05, 4.69) is 0 Å². The van der Waals surface area contributed by atoms with E-state index < -0.39 is 17.9 Å². The summed E-state index contributed by atoms with van der Waals surface area (Å²) < 4.78 is 4.72. The van der Waals surface area contributed by atoms with Crippen LogP contribution in [-0.4, -0.2) is 27.8 Å². The van der Waals surface area contributed by atoms with Crippen LogP contribution in [0.25, 0.3) is 0 Å². The van der Waals surface area contributed by atoms with Crippen LogP contribution in [0.4, 0.5) is 0 Å². The van der Waals surface area contributed by atoms with Gasteiger partial charge in [-0.15, -0.1) is 0 Å². The van der Waals surface area contributed by atoms with E-state index in [4.69, 9.17) is 21.0 Å². The molecule has 1 aliphatic rings. The van der Waals surface area contributed by atoms with Crippen molar-refractivity contribution in [3.8, 4) is 0 Å². The Morgan fingerprint density at radius 2 is 2.00 bits per heavy atom. The highest BCUT2D eigenvalue weighted by molar-refractivity contribution is 5.94. The molecular formula is C10H10N2O4. The molecule has 0 unspecified atom stereocenters. The van der Waals surface area contributed by atoms with Gasteiger partial charge in [0.15, 0.2) is 6.10 Å². The second kappa shape index (κ2) is 3.29. The van der Waals surface area contributed by atoms with Gasteiger partial charge in [-0.05, 0) is 5.56 Å². The Bertz CT molecular complexity index is 456. The number of benzene rings is 1. The largest absolute Gasteiger partial charge is 0.477 e. The fourth-order valence-corrected chi connectivity index (χ4v) is 1.44. The molecule has 1 saturated heterocycles. The maximum absolute atomic E-state index is 10.6. The fraction of sp³-hybridized carbons (Fsp3) is 0.200. The fourth-order valence-electron chi connectivity index (χ4n) is 1.44. The van der Waals surface area contributed by atoms with Crippen molar-refractivity contribution >= 4 is 11.8 Å². The van der Waals surface area contributed by atoms with Crippen molar-refractivity contribution in [3.63, 3.8) is 0 Å². The second-order valence-electron chi connectivity index (χ2n) is 3.54. The molecule has 0 spiro atoms. The van der Waals surface area contributed by atoms with Crippen LogP contribution < -0.4 is 5.73 Å². The second-order valence-corrected chi connectivity index (χ2v) is 3.54. The van der Waals surface area contributed by atoms with Crippen LogP contribution in [0.3, 0.4) is 0 Å². The Morgan fingerprint density at radius 1 is 1.44 bits per heavy atom. The lowest BCUT2D eigenvalue weighted by Crippen LogP contribution is -2.23. The third-order valence-corrected chi connectivity index (χ3v) is 2.43. The molecule has 6 heteroatoms. The third-order valence-electron chi connectivity index (χ3n) is 2.43. The molecule has 1 heterocycles. The van der Waals surface area contributed by atoms with Crippen LogP contribution in [0.15, 0.2) is 24.3 Å². The van der Waals surface area contributed by atoms with E-state index in [0.717, 1.165) is 0 Å². The summed E-state index contributed by atoms with van der Waals surface area (Å²) in [4.78, 5) is 10.6. The van der Waals surface area contributed by atoms with Crippen molar-refractivity contribution in [2.24, 2.45) is 5.73 Å². The lowest BCUT2D eigenvalue weighted by Gasteiger charge is -2.01. The van der Waals surface area contributed by atoms with Gasteiger partial charge in [0, 0.05) is 5.56 Å². The van der Waals surface area contributed by atoms with Crippen molar-refractivity contribution in [2.75, 3.05) is 0 Å². The van der Waals surface area contributed by atoms with Crippen LogP contribution in [0.1, 0.15) is 17.2 Å². The number of epoxide rings is 1. The molecule has 0 radical (unpaired) electrons. The molecule has 1 aromatic carbocycles. The maximum Gasteiger partial charge on any atom is 0.367 e. The van der Waals surface area contributed by atoms with E-state index >= 15 is 0 Å². The van der Waals surface area contributed by atoms with Crippen LogP contribution in [0.5, 0.6) is 0 Å². The van der Waals surface area contributed by atoms with Crippen LogP contribution >= 0.6 is 0 Å². The predicted molar refractivity (Wildman–Crippen MR) is 53.9 cm³/mol. The van der Waals surface area contributed by atoms with Crippen LogP contribution in [0, 0.1) is 5.41 Å². The topological polar surface area (TPSA) is 120 Å². The molecule has 1 fully saturated rings. The van der Waals surface area contributed by atoms with E-state index in [1.54, 1.807) is 24.3 Å². The highest BCUT2D eigenvalue weighted by Gasteiger charge is 2.63. The lowest BCUT2D eigenvalue weighted by molar-refractivity contribution is -0.157. The molecule has 0 amide bonds. The molecule has 16 heavy (non-hydrogen) atoms. The van der Waals surface area contributed by atoms with Gasteiger partial charge in [-0.2, -0.15) is 0 Å². The minimum atomic E-state index is -2.11. The summed E-state index contributed by atoms with van der Waals surface area (Å²) in [5, 5.41) is 25.2. The number of nitrogen functional groups attached to an aromatic ring is 1. The molecule has 1 aromatic rings.